The van der Waals surface area contributed by atoms with Gasteiger partial charge in [0.25, 0.3) is 5.91 Å². The highest BCUT2D eigenvalue weighted by Gasteiger charge is 2.44. The van der Waals surface area contributed by atoms with E-state index in [4.69, 9.17) is 20.8 Å². The average molecular weight is 511 g/mol. The first kappa shape index (κ1) is 25.8. The molecule has 36 heavy (non-hydrogen) atoms. The van der Waals surface area contributed by atoms with Crippen molar-refractivity contribution in [1.82, 2.24) is 9.80 Å². The number of rotatable bonds is 10. The molecular formula is C28H31ClN2O5. The fourth-order valence-corrected chi connectivity index (χ4v) is 4.50. The number of amides is 1. The van der Waals surface area contributed by atoms with Gasteiger partial charge in [0.05, 0.1) is 18.2 Å². The molecule has 7 nitrogen and oxygen atoms in total. The molecule has 0 radical (unpaired) electrons. The number of furan rings is 1. The average Bonchev–Trinajstić information content (AvgIpc) is 3.36. The Morgan fingerprint density at radius 1 is 1.19 bits per heavy atom. The van der Waals surface area contributed by atoms with Gasteiger partial charge in [-0.15, -0.1) is 0 Å². The first-order valence-corrected chi connectivity index (χ1v) is 12.4. The van der Waals surface area contributed by atoms with Crippen LogP contribution in [0.2, 0.25) is 5.02 Å². The van der Waals surface area contributed by atoms with Gasteiger partial charge in [0.2, 0.25) is 5.78 Å². The molecule has 8 heteroatoms. The minimum Gasteiger partial charge on any atom is -0.503 e. The number of aliphatic hydroxyl groups excluding tert-OH is 1. The number of nitrogens with zero attached hydrogens (tertiary/aromatic N) is 2. The van der Waals surface area contributed by atoms with Crippen molar-refractivity contribution in [3.63, 3.8) is 0 Å². The molecule has 1 aliphatic heterocycles. The molecule has 1 aliphatic rings. The van der Waals surface area contributed by atoms with Crippen LogP contribution in [0.15, 0.2) is 64.3 Å². The third-order valence-corrected chi connectivity index (χ3v) is 6.25. The minimum atomic E-state index is -0.772. The van der Waals surface area contributed by atoms with Crippen LogP contribution < -0.4 is 4.74 Å². The molecule has 0 saturated carbocycles. The molecular weight excluding hydrogens is 480 g/mol. The van der Waals surface area contributed by atoms with Crippen molar-refractivity contribution in [2.75, 3.05) is 33.8 Å². The van der Waals surface area contributed by atoms with Crippen LogP contribution in [0.5, 0.6) is 5.75 Å². The van der Waals surface area contributed by atoms with Crippen molar-refractivity contribution < 1.29 is 23.8 Å². The monoisotopic (exact) mass is 510 g/mol. The number of ether oxygens (including phenoxy) is 1. The first-order chi connectivity index (χ1) is 17.2. The van der Waals surface area contributed by atoms with Crippen LogP contribution in [0.25, 0.3) is 11.0 Å². The Bertz CT molecular complexity index is 1310. The Kier molecular flexibility index (Phi) is 7.71. The van der Waals surface area contributed by atoms with E-state index in [9.17, 15) is 14.7 Å². The number of fused-ring (bicyclic) bond motifs is 1. The maximum atomic E-state index is 13.7. The van der Waals surface area contributed by atoms with Gasteiger partial charge in [-0.25, -0.2) is 0 Å². The number of ketones is 1. The van der Waals surface area contributed by atoms with Crippen LogP contribution in [0.4, 0.5) is 0 Å². The Hall–Kier alpha value is -3.29. The molecule has 1 N–H and O–H groups in total. The van der Waals surface area contributed by atoms with E-state index in [1.807, 2.05) is 43.3 Å². The predicted octanol–water partition coefficient (Wildman–Crippen LogP) is 5.65. The molecule has 1 unspecified atom stereocenters. The molecule has 1 atom stereocenters. The first-order valence-electron chi connectivity index (χ1n) is 12.0. The third-order valence-electron chi connectivity index (χ3n) is 6.01. The lowest BCUT2D eigenvalue weighted by Gasteiger charge is -2.27. The van der Waals surface area contributed by atoms with E-state index in [-0.39, 0.29) is 11.3 Å². The van der Waals surface area contributed by atoms with Crippen LogP contribution in [-0.4, -0.2) is 60.4 Å². The Morgan fingerprint density at radius 2 is 1.97 bits per heavy atom. The van der Waals surface area contributed by atoms with E-state index < -0.39 is 23.5 Å². The van der Waals surface area contributed by atoms with Crippen LogP contribution >= 0.6 is 11.6 Å². The lowest BCUT2D eigenvalue weighted by molar-refractivity contribution is -0.129. The summed E-state index contributed by atoms with van der Waals surface area (Å²) in [7, 11) is 3.91. The summed E-state index contributed by atoms with van der Waals surface area (Å²) >= 11 is 6.09. The van der Waals surface area contributed by atoms with Crippen molar-refractivity contribution in [2.24, 2.45) is 5.92 Å². The van der Waals surface area contributed by atoms with Crippen LogP contribution in [0.1, 0.15) is 42.4 Å². The Labute approximate surface area is 215 Å². The lowest BCUT2D eigenvalue weighted by Crippen LogP contribution is -2.33. The van der Waals surface area contributed by atoms with Crippen molar-refractivity contribution in [1.29, 1.82) is 0 Å². The van der Waals surface area contributed by atoms with Crippen molar-refractivity contribution in [2.45, 2.75) is 26.3 Å². The molecule has 3 aromatic rings. The second-order valence-electron chi connectivity index (χ2n) is 9.72. The number of hydrogen-bond donors (Lipinski definition) is 1. The van der Waals surface area contributed by atoms with Crippen molar-refractivity contribution in [3.8, 4) is 5.75 Å². The zero-order valence-electron chi connectivity index (χ0n) is 21.0. The molecule has 1 amide bonds. The normalized spacial score (nSPS) is 16.1. The standard InChI is InChI=1S/C28H31ClN2O5/c1-17(2)16-35-21-8-5-7-18(14-21)25-24(27(33)28(34)31(25)12-6-11-30(3)4)26(32)23-15-19-13-20(29)9-10-22(19)36-23/h5,7-10,13-15,17,25,33H,6,11-12,16H2,1-4H3. The van der Waals surface area contributed by atoms with Gasteiger partial charge < -0.3 is 24.1 Å². The number of halogens is 1. The number of aliphatic hydroxyl groups is 1. The number of benzene rings is 2. The van der Waals surface area contributed by atoms with Crippen LogP contribution in [0, 0.1) is 5.92 Å². The second-order valence-corrected chi connectivity index (χ2v) is 10.2. The minimum absolute atomic E-state index is 0.00369. The number of carbonyl (C=O) groups excluding carboxylic acids is 2. The van der Waals surface area contributed by atoms with Crippen molar-refractivity contribution >= 4 is 34.3 Å². The summed E-state index contributed by atoms with van der Waals surface area (Å²) in [5.74, 6) is -0.655. The summed E-state index contributed by atoms with van der Waals surface area (Å²) in [4.78, 5) is 30.5. The quantitative estimate of drug-likeness (QED) is 0.355. The molecule has 2 heterocycles. The molecule has 0 bridgehead atoms. The highest BCUT2D eigenvalue weighted by Crippen LogP contribution is 2.40. The van der Waals surface area contributed by atoms with Gasteiger partial charge in [0, 0.05) is 17.0 Å². The molecule has 0 saturated heterocycles. The van der Waals surface area contributed by atoms with E-state index >= 15 is 0 Å². The Morgan fingerprint density at radius 3 is 2.69 bits per heavy atom. The van der Waals surface area contributed by atoms with E-state index in [1.54, 1.807) is 29.2 Å². The van der Waals surface area contributed by atoms with Crippen molar-refractivity contribution in [3.05, 3.63) is 76.2 Å². The fourth-order valence-electron chi connectivity index (χ4n) is 4.32. The molecule has 4 rings (SSSR count). The summed E-state index contributed by atoms with van der Waals surface area (Å²) in [6.45, 7) is 5.78. The maximum absolute atomic E-state index is 13.7. The largest absolute Gasteiger partial charge is 0.503 e. The zero-order chi connectivity index (χ0) is 26.0. The summed E-state index contributed by atoms with van der Waals surface area (Å²) in [6, 6.07) is 13.2. The Balaban J connectivity index is 1.74. The predicted molar refractivity (Wildman–Crippen MR) is 140 cm³/mol. The third kappa shape index (κ3) is 5.42. The van der Waals surface area contributed by atoms with Gasteiger partial charge in [-0.1, -0.05) is 37.6 Å². The van der Waals surface area contributed by atoms with E-state index in [0.717, 1.165) is 6.54 Å². The van der Waals surface area contributed by atoms with Gasteiger partial charge in [0.1, 0.15) is 11.3 Å². The molecule has 2 aromatic carbocycles. The zero-order valence-corrected chi connectivity index (χ0v) is 21.7. The summed E-state index contributed by atoms with van der Waals surface area (Å²) in [6.07, 6.45) is 0.677. The molecule has 190 valence electrons. The SMILES string of the molecule is CC(C)COc1cccc(C2C(C(=O)c3cc4cc(Cl)ccc4o3)=C(O)C(=O)N2CCCN(C)C)c1. The van der Waals surface area contributed by atoms with E-state index in [1.165, 1.54) is 0 Å². The highest BCUT2D eigenvalue weighted by molar-refractivity contribution is 6.31. The topological polar surface area (TPSA) is 83.2 Å². The van der Waals surface area contributed by atoms with E-state index in [2.05, 4.69) is 13.8 Å². The molecule has 1 aromatic heterocycles. The number of Topliss-reactive ketones (excluding diaryl/α,β-unsaturated/α-hetero) is 1. The lowest BCUT2D eigenvalue weighted by atomic mass is 9.94. The highest BCUT2D eigenvalue weighted by atomic mass is 35.5. The summed E-state index contributed by atoms with van der Waals surface area (Å²) < 4.78 is 11.7. The van der Waals surface area contributed by atoms with Gasteiger partial charge in [0.15, 0.2) is 11.5 Å². The number of carbonyl (C=O) groups is 2. The summed E-state index contributed by atoms with van der Waals surface area (Å²) in [5, 5.41) is 12.1. The van der Waals surface area contributed by atoms with E-state index in [0.29, 0.717) is 52.8 Å². The van der Waals surface area contributed by atoms with Crippen LogP contribution in [0.3, 0.4) is 0 Å². The van der Waals surface area contributed by atoms with Gasteiger partial charge in [-0.05, 0) is 74.9 Å². The molecule has 0 aliphatic carbocycles. The van der Waals surface area contributed by atoms with Gasteiger partial charge in [-0.3, -0.25) is 9.59 Å². The fraction of sp³-hybridized carbons (Fsp3) is 0.357. The van der Waals surface area contributed by atoms with Gasteiger partial charge >= 0.3 is 0 Å². The molecule has 0 spiro atoms. The number of hydrogen-bond acceptors (Lipinski definition) is 6. The summed E-state index contributed by atoms with van der Waals surface area (Å²) in [5.41, 5.74) is 1.17. The second kappa shape index (κ2) is 10.8. The van der Waals surface area contributed by atoms with Gasteiger partial charge in [-0.2, -0.15) is 0 Å². The maximum Gasteiger partial charge on any atom is 0.290 e. The van der Waals surface area contributed by atoms with Crippen LogP contribution in [-0.2, 0) is 4.79 Å². The molecule has 0 fully saturated rings. The smallest absolute Gasteiger partial charge is 0.290 e.